The number of aliphatic hydroxyl groups is 1. The highest BCUT2D eigenvalue weighted by atomic mass is 35.5. The molecular formula is C23H22ClF3N4O4. The summed E-state index contributed by atoms with van der Waals surface area (Å²) in [4.78, 5) is 30.2. The zero-order valence-corrected chi connectivity index (χ0v) is 19.4. The molecule has 186 valence electrons. The lowest BCUT2D eigenvalue weighted by molar-refractivity contribution is -0.0902. The summed E-state index contributed by atoms with van der Waals surface area (Å²) in [6.07, 6.45) is -3.20. The van der Waals surface area contributed by atoms with E-state index in [0.717, 1.165) is 15.2 Å². The summed E-state index contributed by atoms with van der Waals surface area (Å²) in [6, 6.07) is 6.19. The molecule has 1 N–H and O–H groups in total. The lowest BCUT2D eigenvalue weighted by atomic mass is 10.2. The summed E-state index contributed by atoms with van der Waals surface area (Å²) in [5.41, 5.74) is -2.12. The number of imidazole rings is 1. The molecule has 3 aromatic rings. The minimum atomic E-state index is -4.79. The summed E-state index contributed by atoms with van der Waals surface area (Å²) in [7, 11) is 1.37. The Hall–Kier alpha value is -3.57. The quantitative estimate of drug-likeness (QED) is 0.351. The Morgan fingerprint density at radius 2 is 1.83 bits per heavy atom. The van der Waals surface area contributed by atoms with E-state index in [0.29, 0.717) is 16.7 Å². The van der Waals surface area contributed by atoms with Crippen LogP contribution in [-0.2, 0) is 20.1 Å². The van der Waals surface area contributed by atoms with E-state index in [9.17, 15) is 22.8 Å². The normalized spacial score (nSPS) is 12.5. The standard InChI is InChI=1S/C23H22ClF3N4O4/c1-4-16(23(25,26)27)17(5-2)35-21-28-19-18(31(21)13-14-7-9-15(24)10-8-14)20(33)30(11-6-12-32)22(34)29(19)3/h4-5,7-10,32H,1-2,6,11-13H2,3H3/b17-16-. The van der Waals surface area contributed by atoms with Crippen LogP contribution < -0.4 is 16.0 Å². The van der Waals surface area contributed by atoms with Crippen LogP contribution in [0.25, 0.3) is 11.2 Å². The number of halogens is 4. The molecule has 3 rings (SSSR count). The van der Waals surface area contributed by atoms with Crippen LogP contribution in [0.2, 0.25) is 5.02 Å². The minimum absolute atomic E-state index is 0.0314. The highest BCUT2D eigenvalue weighted by Crippen LogP contribution is 2.31. The zero-order valence-electron chi connectivity index (χ0n) is 18.7. The van der Waals surface area contributed by atoms with Gasteiger partial charge >= 0.3 is 17.9 Å². The number of hydrogen-bond donors (Lipinski definition) is 1. The molecule has 2 aromatic heterocycles. The predicted molar refractivity (Wildman–Crippen MR) is 126 cm³/mol. The number of allylic oxidation sites excluding steroid dienone is 3. The molecule has 0 fully saturated rings. The highest BCUT2D eigenvalue weighted by Gasteiger charge is 2.35. The van der Waals surface area contributed by atoms with E-state index in [1.165, 1.54) is 11.6 Å². The Bertz CT molecular complexity index is 1420. The summed E-state index contributed by atoms with van der Waals surface area (Å²) >= 11 is 5.94. The smallest absolute Gasteiger partial charge is 0.419 e. The zero-order chi connectivity index (χ0) is 25.9. The van der Waals surface area contributed by atoms with Gasteiger partial charge in [-0.25, -0.2) is 4.79 Å². The number of ether oxygens (including phenoxy) is 1. The minimum Gasteiger partial charge on any atom is -0.425 e. The van der Waals surface area contributed by atoms with Gasteiger partial charge in [0.25, 0.3) is 5.56 Å². The van der Waals surface area contributed by atoms with E-state index >= 15 is 0 Å². The molecule has 0 spiro atoms. The molecule has 0 aliphatic carbocycles. The molecule has 0 aliphatic heterocycles. The van der Waals surface area contributed by atoms with Crippen LogP contribution in [0.15, 0.2) is 70.5 Å². The van der Waals surface area contributed by atoms with Gasteiger partial charge in [-0.05, 0) is 30.2 Å². The molecule has 0 aliphatic rings. The molecule has 0 saturated heterocycles. The maximum absolute atomic E-state index is 13.5. The topological polar surface area (TPSA) is 91.3 Å². The molecule has 2 heterocycles. The van der Waals surface area contributed by atoms with E-state index in [1.54, 1.807) is 24.3 Å². The van der Waals surface area contributed by atoms with E-state index in [4.69, 9.17) is 21.4 Å². The van der Waals surface area contributed by atoms with Crippen molar-refractivity contribution in [1.82, 2.24) is 18.7 Å². The molecule has 35 heavy (non-hydrogen) atoms. The number of aliphatic hydroxyl groups excluding tert-OH is 1. The second-order valence-corrected chi connectivity index (χ2v) is 7.88. The van der Waals surface area contributed by atoms with Crippen molar-refractivity contribution >= 4 is 22.8 Å². The molecule has 0 bridgehead atoms. The summed E-state index contributed by atoms with van der Waals surface area (Å²) in [5.74, 6) is -0.675. The van der Waals surface area contributed by atoms with Crippen molar-refractivity contribution in [3.63, 3.8) is 0 Å². The number of fused-ring (bicyclic) bond motifs is 1. The molecule has 12 heteroatoms. The molecule has 0 saturated carbocycles. The molecule has 0 radical (unpaired) electrons. The Balaban J connectivity index is 2.33. The molecule has 0 atom stereocenters. The third-order valence-corrected chi connectivity index (χ3v) is 5.40. The van der Waals surface area contributed by atoms with Crippen LogP contribution in [0, 0.1) is 0 Å². The average molecular weight is 511 g/mol. The average Bonchev–Trinajstić information content (AvgIpc) is 3.16. The van der Waals surface area contributed by atoms with Gasteiger partial charge in [0.2, 0.25) is 0 Å². The first-order chi connectivity index (χ1) is 16.5. The largest absolute Gasteiger partial charge is 0.425 e. The van der Waals surface area contributed by atoms with Crippen LogP contribution in [0.5, 0.6) is 6.01 Å². The number of nitrogens with zero attached hydrogens (tertiary/aromatic N) is 4. The number of benzene rings is 1. The van der Waals surface area contributed by atoms with Crippen molar-refractivity contribution < 1.29 is 23.0 Å². The number of alkyl halides is 3. The molecule has 1 aromatic carbocycles. The summed E-state index contributed by atoms with van der Waals surface area (Å²) < 4.78 is 49.3. The molecule has 0 amide bonds. The van der Waals surface area contributed by atoms with Gasteiger partial charge in [0.1, 0.15) is 5.76 Å². The van der Waals surface area contributed by atoms with Crippen LogP contribution in [0.4, 0.5) is 13.2 Å². The number of hydrogen-bond acceptors (Lipinski definition) is 5. The first-order valence-electron chi connectivity index (χ1n) is 10.3. The van der Waals surface area contributed by atoms with Crippen molar-refractivity contribution in [3.8, 4) is 6.01 Å². The SMILES string of the molecule is C=C/C(Oc1nc2c(c(=O)n(CCCO)c(=O)n2C)n1Cc1ccc(Cl)cc1)=C(\C=C)C(F)(F)F. The fourth-order valence-electron chi connectivity index (χ4n) is 3.44. The fraction of sp³-hybridized carbons (Fsp3) is 0.261. The highest BCUT2D eigenvalue weighted by molar-refractivity contribution is 6.30. The van der Waals surface area contributed by atoms with Gasteiger partial charge in [0.05, 0.1) is 12.1 Å². The van der Waals surface area contributed by atoms with Crippen LogP contribution >= 0.6 is 11.6 Å². The third-order valence-electron chi connectivity index (χ3n) is 5.15. The predicted octanol–water partition coefficient (Wildman–Crippen LogP) is 3.55. The maximum Gasteiger partial charge on any atom is 0.419 e. The van der Waals surface area contributed by atoms with Crippen LogP contribution in [0.1, 0.15) is 12.0 Å². The third kappa shape index (κ3) is 5.25. The Kier molecular flexibility index (Phi) is 7.71. The molecule has 8 nitrogen and oxygen atoms in total. The van der Waals surface area contributed by atoms with Gasteiger partial charge < -0.3 is 9.84 Å². The van der Waals surface area contributed by atoms with Crippen molar-refractivity contribution in [3.05, 3.63) is 92.3 Å². The first-order valence-corrected chi connectivity index (χ1v) is 10.7. The van der Waals surface area contributed by atoms with Gasteiger partial charge in [0, 0.05) is 25.2 Å². The Labute approximate surface area is 202 Å². The fourth-order valence-corrected chi connectivity index (χ4v) is 3.56. The van der Waals surface area contributed by atoms with Gasteiger partial charge in [-0.3, -0.25) is 18.5 Å². The summed E-state index contributed by atoms with van der Waals surface area (Å²) in [5, 5.41) is 9.61. The van der Waals surface area contributed by atoms with E-state index in [1.807, 2.05) is 0 Å². The number of aryl methyl sites for hydroxylation is 1. The summed E-state index contributed by atoms with van der Waals surface area (Å²) in [6.45, 7) is 6.24. The Morgan fingerprint density at radius 1 is 1.17 bits per heavy atom. The lowest BCUT2D eigenvalue weighted by Crippen LogP contribution is -2.39. The Morgan fingerprint density at radius 3 is 2.37 bits per heavy atom. The second kappa shape index (κ2) is 10.4. The molecule has 0 unspecified atom stereocenters. The monoisotopic (exact) mass is 510 g/mol. The van der Waals surface area contributed by atoms with Crippen molar-refractivity contribution in [1.29, 1.82) is 0 Å². The number of rotatable bonds is 9. The van der Waals surface area contributed by atoms with Gasteiger partial charge in [-0.15, -0.1) is 0 Å². The first kappa shape index (κ1) is 26.0. The lowest BCUT2D eigenvalue weighted by Gasteiger charge is -2.14. The maximum atomic E-state index is 13.5. The van der Waals surface area contributed by atoms with Gasteiger partial charge in [-0.2, -0.15) is 18.2 Å². The van der Waals surface area contributed by atoms with E-state index < -0.39 is 28.8 Å². The van der Waals surface area contributed by atoms with Gasteiger partial charge in [0.15, 0.2) is 11.2 Å². The number of aromatic nitrogens is 4. The van der Waals surface area contributed by atoms with Crippen LogP contribution in [0.3, 0.4) is 0 Å². The van der Waals surface area contributed by atoms with E-state index in [-0.39, 0.29) is 43.3 Å². The van der Waals surface area contributed by atoms with Crippen LogP contribution in [-0.4, -0.2) is 36.6 Å². The van der Waals surface area contributed by atoms with Crippen molar-refractivity contribution in [2.24, 2.45) is 7.05 Å². The van der Waals surface area contributed by atoms with E-state index in [2.05, 4.69) is 18.1 Å². The van der Waals surface area contributed by atoms with Crippen molar-refractivity contribution in [2.75, 3.05) is 6.61 Å². The van der Waals surface area contributed by atoms with Crippen molar-refractivity contribution in [2.45, 2.75) is 25.7 Å². The molecular weight excluding hydrogens is 489 g/mol. The second-order valence-electron chi connectivity index (χ2n) is 7.44. The van der Waals surface area contributed by atoms with Gasteiger partial charge in [-0.1, -0.05) is 43.0 Å².